The molecule has 0 fully saturated rings. The van der Waals surface area contributed by atoms with E-state index in [0.717, 1.165) is 16.5 Å². The van der Waals surface area contributed by atoms with Gasteiger partial charge in [-0.25, -0.2) is 4.98 Å². The Bertz CT molecular complexity index is 1060. The van der Waals surface area contributed by atoms with Gasteiger partial charge in [0.1, 0.15) is 10.8 Å². The fourth-order valence-corrected chi connectivity index (χ4v) is 2.89. The molecule has 0 saturated carbocycles. The van der Waals surface area contributed by atoms with Crippen LogP contribution >= 0.6 is 11.6 Å². The minimum absolute atomic E-state index is 0.0935. The van der Waals surface area contributed by atoms with Crippen LogP contribution in [0.2, 0.25) is 5.15 Å². The first-order valence-corrected chi connectivity index (χ1v) is 7.29. The molecule has 2 heterocycles. The van der Waals surface area contributed by atoms with E-state index in [1.807, 2.05) is 60.7 Å². The molecule has 0 aliphatic carbocycles. The van der Waals surface area contributed by atoms with Gasteiger partial charge in [-0.15, -0.1) is 0 Å². The molecule has 22 heavy (non-hydrogen) atoms. The van der Waals surface area contributed by atoms with Gasteiger partial charge in [0.05, 0.1) is 5.69 Å². The molecule has 4 rings (SSSR count). The van der Waals surface area contributed by atoms with Gasteiger partial charge in [-0.05, 0) is 35.7 Å². The molecule has 4 heteroatoms. The molecule has 106 valence electrons. The van der Waals surface area contributed by atoms with Gasteiger partial charge in [0.25, 0.3) is 5.56 Å². The highest BCUT2D eigenvalue weighted by molar-refractivity contribution is 6.30. The van der Waals surface area contributed by atoms with Crippen LogP contribution in [-0.4, -0.2) is 9.55 Å². The summed E-state index contributed by atoms with van der Waals surface area (Å²) in [5, 5.41) is 2.83. The molecule has 0 atom stereocenters. The van der Waals surface area contributed by atoms with Gasteiger partial charge in [0, 0.05) is 10.8 Å². The van der Waals surface area contributed by atoms with Crippen molar-refractivity contribution in [1.82, 2.24) is 9.55 Å². The van der Waals surface area contributed by atoms with E-state index in [1.54, 1.807) is 10.6 Å². The number of nitrogens with zero attached hydrogens (tertiary/aromatic N) is 2. The van der Waals surface area contributed by atoms with Crippen molar-refractivity contribution in [2.45, 2.75) is 0 Å². The summed E-state index contributed by atoms with van der Waals surface area (Å²) in [7, 11) is 0. The molecule has 0 N–H and O–H groups in total. The second-order valence-electron chi connectivity index (χ2n) is 5.03. The third-order valence-corrected chi connectivity index (χ3v) is 3.93. The van der Waals surface area contributed by atoms with E-state index in [-0.39, 0.29) is 5.56 Å². The van der Waals surface area contributed by atoms with E-state index in [1.165, 1.54) is 0 Å². The van der Waals surface area contributed by atoms with Crippen molar-refractivity contribution in [3.63, 3.8) is 0 Å². The topological polar surface area (TPSA) is 34.9 Å². The normalized spacial score (nSPS) is 11.1. The second-order valence-corrected chi connectivity index (χ2v) is 5.41. The Hall–Kier alpha value is -2.65. The number of pyridine rings is 2. The molecule has 4 aromatic rings. The predicted octanol–water partition coefficient (Wildman–Crippen LogP) is 4.19. The molecule has 0 radical (unpaired) electrons. The van der Waals surface area contributed by atoms with E-state index in [4.69, 9.17) is 11.6 Å². The summed E-state index contributed by atoms with van der Waals surface area (Å²) >= 11 is 6.06. The average molecular weight is 307 g/mol. The minimum atomic E-state index is -0.0935. The quantitative estimate of drug-likeness (QED) is 0.390. The zero-order valence-electron chi connectivity index (χ0n) is 11.5. The third-order valence-electron chi connectivity index (χ3n) is 3.72. The van der Waals surface area contributed by atoms with Crippen LogP contribution in [0.15, 0.2) is 71.5 Å². The van der Waals surface area contributed by atoms with Gasteiger partial charge in [-0.3, -0.25) is 9.36 Å². The number of aromatic nitrogens is 2. The van der Waals surface area contributed by atoms with Gasteiger partial charge in [-0.1, -0.05) is 48.0 Å². The summed E-state index contributed by atoms with van der Waals surface area (Å²) < 4.78 is 1.61. The first-order valence-electron chi connectivity index (χ1n) is 6.91. The lowest BCUT2D eigenvalue weighted by atomic mass is 10.1. The monoisotopic (exact) mass is 306 g/mol. The predicted molar refractivity (Wildman–Crippen MR) is 89.9 cm³/mol. The van der Waals surface area contributed by atoms with Gasteiger partial charge in [-0.2, -0.15) is 0 Å². The molecule has 0 spiro atoms. The number of hydrogen-bond acceptors (Lipinski definition) is 2. The van der Waals surface area contributed by atoms with Crippen molar-refractivity contribution < 1.29 is 0 Å². The zero-order valence-corrected chi connectivity index (χ0v) is 12.3. The van der Waals surface area contributed by atoms with E-state index >= 15 is 0 Å². The lowest BCUT2D eigenvalue weighted by molar-refractivity contribution is 1.03. The summed E-state index contributed by atoms with van der Waals surface area (Å²) in [6, 6.07) is 20.7. The summed E-state index contributed by atoms with van der Waals surface area (Å²) in [5.41, 5.74) is 1.25. The zero-order chi connectivity index (χ0) is 15.1. The van der Waals surface area contributed by atoms with Gasteiger partial charge in [0.2, 0.25) is 0 Å². The number of hydrogen-bond donors (Lipinski definition) is 0. The van der Waals surface area contributed by atoms with Crippen molar-refractivity contribution in [1.29, 1.82) is 0 Å². The molecule has 0 aliphatic heterocycles. The first-order chi connectivity index (χ1) is 10.8. The van der Waals surface area contributed by atoms with Gasteiger partial charge < -0.3 is 0 Å². The second kappa shape index (κ2) is 4.97. The molecular formula is C18H11ClN2O. The maximum Gasteiger partial charge on any atom is 0.264 e. The lowest BCUT2D eigenvalue weighted by Gasteiger charge is -2.12. The van der Waals surface area contributed by atoms with Crippen LogP contribution in [0.25, 0.3) is 27.5 Å². The van der Waals surface area contributed by atoms with E-state index < -0.39 is 0 Å². The Labute approximate surface area is 131 Å². The Morgan fingerprint density at radius 2 is 1.45 bits per heavy atom. The Morgan fingerprint density at radius 3 is 2.23 bits per heavy atom. The number of fused-ring (bicyclic) bond motifs is 3. The molecule has 0 amide bonds. The fraction of sp³-hybridized carbons (Fsp3) is 0. The van der Waals surface area contributed by atoms with E-state index in [9.17, 15) is 4.79 Å². The highest BCUT2D eigenvalue weighted by Crippen LogP contribution is 2.24. The fourth-order valence-electron chi connectivity index (χ4n) is 2.74. The number of para-hydroxylation sites is 1. The summed E-state index contributed by atoms with van der Waals surface area (Å²) in [6.07, 6.45) is 0. The SMILES string of the molecule is O=c1c2ccccc2c2ccc(Cl)nc2n1-c1ccccc1. The standard InChI is InChI=1S/C18H11ClN2O/c19-16-11-10-14-13-8-4-5-9-15(13)18(22)21(17(14)20-16)12-6-2-1-3-7-12/h1-11H. The maximum absolute atomic E-state index is 12.9. The maximum atomic E-state index is 12.9. The average Bonchev–Trinajstić information content (AvgIpc) is 2.56. The molecule has 0 aliphatic rings. The van der Waals surface area contributed by atoms with Crippen molar-refractivity contribution in [2.75, 3.05) is 0 Å². The van der Waals surface area contributed by atoms with Gasteiger partial charge >= 0.3 is 0 Å². The molecular weight excluding hydrogens is 296 g/mol. The third kappa shape index (κ3) is 1.90. The highest BCUT2D eigenvalue weighted by Gasteiger charge is 2.13. The van der Waals surface area contributed by atoms with Crippen LogP contribution in [0.4, 0.5) is 0 Å². The van der Waals surface area contributed by atoms with Crippen LogP contribution in [0.5, 0.6) is 0 Å². The molecule has 0 saturated heterocycles. The minimum Gasteiger partial charge on any atom is -0.268 e. The highest BCUT2D eigenvalue weighted by atomic mass is 35.5. The smallest absolute Gasteiger partial charge is 0.264 e. The summed E-state index contributed by atoms with van der Waals surface area (Å²) in [4.78, 5) is 17.3. The molecule has 2 aromatic heterocycles. The summed E-state index contributed by atoms with van der Waals surface area (Å²) in [5.74, 6) is 0. The Balaban J connectivity index is 2.29. The van der Waals surface area contributed by atoms with Crippen LogP contribution in [-0.2, 0) is 0 Å². The first kappa shape index (κ1) is 13.0. The molecule has 3 nitrogen and oxygen atoms in total. The number of benzene rings is 2. The van der Waals surface area contributed by atoms with E-state index in [2.05, 4.69) is 4.98 Å². The number of halogens is 1. The molecule has 2 aromatic carbocycles. The molecule has 0 bridgehead atoms. The number of rotatable bonds is 1. The van der Waals surface area contributed by atoms with Crippen LogP contribution in [0, 0.1) is 0 Å². The Morgan fingerprint density at radius 1 is 0.773 bits per heavy atom. The summed E-state index contributed by atoms with van der Waals surface area (Å²) in [6.45, 7) is 0. The van der Waals surface area contributed by atoms with Crippen molar-refractivity contribution in [3.8, 4) is 5.69 Å². The lowest BCUT2D eigenvalue weighted by Crippen LogP contribution is -2.19. The Kier molecular flexibility index (Phi) is 2.94. The van der Waals surface area contributed by atoms with Crippen LogP contribution in [0.1, 0.15) is 0 Å². The van der Waals surface area contributed by atoms with E-state index in [0.29, 0.717) is 16.2 Å². The largest absolute Gasteiger partial charge is 0.268 e. The van der Waals surface area contributed by atoms with Crippen LogP contribution < -0.4 is 5.56 Å². The van der Waals surface area contributed by atoms with Gasteiger partial charge in [0.15, 0.2) is 0 Å². The van der Waals surface area contributed by atoms with Crippen LogP contribution in [0.3, 0.4) is 0 Å². The molecule has 0 unspecified atom stereocenters. The van der Waals surface area contributed by atoms with Crippen molar-refractivity contribution >= 4 is 33.4 Å². The van der Waals surface area contributed by atoms with Crippen molar-refractivity contribution in [2.24, 2.45) is 0 Å². The van der Waals surface area contributed by atoms with Crippen molar-refractivity contribution in [3.05, 3.63) is 82.2 Å².